The van der Waals surface area contributed by atoms with Crippen molar-refractivity contribution in [1.29, 1.82) is 0 Å². The fourth-order valence-electron chi connectivity index (χ4n) is 3.18. The standard InChI is InChI=1S/C23H31IN2O5/c1-23(2,3)30-22(27)25-14-16-9-8-10-17(11-16)26(4,5)15-19-20(28-6)12-18(31-24)13-21(19)29-7/h8-13H,14-15H2,1-7H3/p+1. The van der Waals surface area contributed by atoms with Crippen molar-refractivity contribution in [2.24, 2.45) is 0 Å². The zero-order chi connectivity index (χ0) is 23.2. The minimum atomic E-state index is -0.527. The minimum absolute atomic E-state index is 0.386. The Morgan fingerprint density at radius 3 is 2.19 bits per heavy atom. The van der Waals surface area contributed by atoms with Crippen molar-refractivity contribution in [2.75, 3.05) is 28.3 Å². The molecule has 0 aliphatic heterocycles. The summed E-state index contributed by atoms with van der Waals surface area (Å²) in [4.78, 5) is 12.0. The first-order valence-corrected chi connectivity index (χ1v) is 10.8. The van der Waals surface area contributed by atoms with Crippen molar-refractivity contribution in [2.45, 2.75) is 39.5 Å². The van der Waals surface area contributed by atoms with Gasteiger partial charge >= 0.3 is 6.09 Å². The summed E-state index contributed by atoms with van der Waals surface area (Å²) in [7, 11) is 7.50. The molecule has 2 rings (SSSR count). The molecule has 1 amide bonds. The van der Waals surface area contributed by atoms with Crippen molar-refractivity contribution < 1.29 is 22.1 Å². The van der Waals surface area contributed by atoms with Crippen molar-refractivity contribution in [3.05, 3.63) is 47.5 Å². The van der Waals surface area contributed by atoms with E-state index in [2.05, 4.69) is 31.5 Å². The van der Waals surface area contributed by atoms with Crippen LogP contribution in [-0.4, -0.2) is 40.0 Å². The van der Waals surface area contributed by atoms with E-state index in [0.717, 1.165) is 16.8 Å². The van der Waals surface area contributed by atoms with E-state index in [1.807, 2.05) is 68.0 Å². The second-order valence-electron chi connectivity index (χ2n) is 8.75. The van der Waals surface area contributed by atoms with Crippen LogP contribution in [0.4, 0.5) is 10.5 Å². The number of rotatable bonds is 8. The van der Waals surface area contributed by atoms with Crippen LogP contribution >= 0.6 is 23.0 Å². The number of nitrogens with zero attached hydrogens (tertiary/aromatic N) is 1. The van der Waals surface area contributed by atoms with E-state index in [-0.39, 0.29) is 0 Å². The molecule has 31 heavy (non-hydrogen) atoms. The van der Waals surface area contributed by atoms with Gasteiger partial charge < -0.3 is 22.6 Å². The van der Waals surface area contributed by atoms with Crippen LogP contribution in [0.25, 0.3) is 0 Å². The van der Waals surface area contributed by atoms with Gasteiger partial charge in [-0.25, -0.2) is 4.79 Å². The molecule has 0 bridgehead atoms. The number of amides is 1. The quantitative estimate of drug-likeness (QED) is 0.365. The van der Waals surface area contributed by atoms with Crippen LogP contribution in [0.5, 0.6) is 17.2 Å². The number of carbonyl (C=O) groups is 1. The summed E-state index contributed by atoms with van der Waals surface area (Å²) in [6, 6.07) is 11.8. The highest BCUT2D eigenvalue weighted by atomic mass is 127. The molecule has 0 fully saturated rings. The van der Waals surface area contributed by atoms with Crippen LogP contribution in [-0.2, 0) is 17.8 Å². The molecule has 2 aromatic carbocycles. The van der Waals surface area contributed by atoms with E-state index in [9.17, 15) is 4.79 Å². The van der Waals surface area contributed by atoms with Crippen LogP contribution in [0.3, 0.4) is 0 Å². The van der Waals surface area contributed by atoms with Crippen molar-refractivity contribution in [3.63, 3.8) is 0 Å². The SMILES string of the molecule is COc1cc(OI)cc(OC)c1C[N+](C)(C)c1cccc(CNC(=O)OC(C)(C)C)c1. The largest absolute Gasteiger partial charge is 0.496 e. The Hall–Kier alpha value is -2.20. The number of halogens is 1. The molecule has 0 aliphatic carbocycles. The Balaban J connectivity index is 2.23. The first kappa shape index (κ1) is 25.1. The number of nitrogens with one attached hydrogen (secondary N) is 1. The molecule has 170 valence electrons. The number of carbonyl (C=O) groups excluding carboxylic acids is 1. The zero-order valence-corrected chi connectivity index (χ0v) is 21.4. The van der Waals surface area contributed by atoms with Gasteiger partial charge in [-0.15, -0.1) is 0 Å². The van der Waals surface area contributed by atoms with E-state index < -0.39 is 11.7 Å². The molecule has 0 unspecified atom stereocenters. The molecule has 0 aliphatic rings. The third-order valence-electron chi connectivity index (χ3n) is 4.67. The van der Waals surface area contributed by atoms with Crippen molar-refractivity contribution in [1.82, 2.24) is 9.80 Å². The summed E-state index contributed by atoms with van der Waals surface area (Å²) in [6.07, 6.45) is -0.432. The topological polar surface area (TPSA) is 66.0 Å². The normalized spacial score (nSPS) is 11.6. The molecular formula is C23H32IN2O5+. The van der Waals surface area contributed by atoms with Gasteiger partial charge in [0.15, 0.2) is 23.0 Å². The zero-order valence-electron chi connectivity index (χ0n) is 19.2. The second-order valence-corrected chi connectivity index (χ2v) is 9.19. The smallest absolute Gasteiger partial charge is 0.407 e. The average Bonchev–Trinajstić information content (AvgIpc) is 2.71. The number of quaternary nitrogens is 1. The van der Waals surface area contributed by atoms with Crippen molar-refractivity contribution >= 4 is 34.8 Å². The maximum atomic E-state index is 12.0. The maximum Gasteiger partial charge on any atom is 0.407 e. The Bertz CT molecular complexity index is 884. The highest BCUT2D eigenvalue weighted by Gasteiger charge is 2.26. The number of ether oxygens (including phenoxy) is 3. The summed E-state index contributed by atoms with van der Waals surface area (Å²) in [6.45, 7) is 6.55. The third-order valence-corrected chi connectivity index (χ3v) is 5.18. The lowest BCUT2D eigenvalue weighted by Crippen LogP contribution is -2.40. The Kier molecular flexibility index (Phi) is 8.41. The van der Waals surface area contributed by atoms with E-state index in [4.69, 9.17) is 17.3 Å². The van der Waals surface area contributed by atoms with E-state index in [1.54, 1.807) is 14.2 Å². The molecule has 7 nitrogen and oxygen atoms in total. The number of methoxy groups -OCH3 is 2. The predicted octanol–water partition coefficient (Wildman–Crippen LogP) is 5.22. The molecule has 0 radical (unpaired) electrons. The fourth-order valence-corrected chi connectivity index (χ4v) is 3.43. The lowest BCUT2D eigenvalue weighted by atomic mass is 10.1. The Morgan fingerprint density at radius 1 is 1.06 bits per heavy atom. The monoisotopic (exact) mass is 543 g/mol. The van der Waals surface area contributed by atoms with Crippen LogP contribution in [0, 0.1) is 0 Å². The molecule has 8 heteroatoms. The van der Waals surface area contributed by atoms with Gasteiger partial charge in [0.05, 0.1) is 33.9 Å². The molecule has 0 heterocycles. The summed E-state index contributed by atoms with van der Waals surface area (Å²) in [5.41, 5.74) is 2.49. The van der Waals surface area contributed by atoms with Gasteiger partial charge in [-0.1, -0.05) is 12.1 Å². The van der Waals surface area contributed by atoms with E-state index >= 15 is 0 Å². The Morgan fingerprint density at radius 2 is 1.68 bits per heavy atom. The molecular weight excluding hydrogens is 511 g/mol. The molecule has 2 aromatic rings. The van der Waals surface area contributed by atoms with Crippen LogP contribution < -0.4 is 22.3 Å². The highest BCUT2D eigenvalue weighted by molar-refractivity contribution is 14.1. The molecule has 0 saturated heterocycles. The molecule has 1 N–H and O–H groups in total. The minimum Gasteiger partial charge on any atom is -0.496 e. The number of benzene rings is 2. The average molecular weight is 543 g/mol. The Labute approximate surface area is 198 Å². The summed E-state index contributed by atoms with van der Waals surface area (Å²) in [5.74, 6) is 2.08. The van der Waals surface area contributed by atoms with Gasteiger partial charge in [0.25, 0.3) is 0 Å². The lowest BCUT2D eigenvalue weighted by Gasteiger charge is -2.31. The van der Waals surface area contributed by atoms with Crippen LogP contribution in [0.15, 0.2) is 36.4 Å². The van der Waals surface area contributed by atoms with E-state index in [0.29, 0.717) is 34.8 Å². The first-order valence-electron chi connectivity index (χ1n) is 9.92. The summed E-state index contributed by atoms with van der Waals surface area (Å²) in [5, 5.41) is 2.81. The first-order chi connectivity index (χ1) is 14.5. The fraction of sp³-hybridized carbons (Fsp3) is 0.435. The highest BCUT2D eigenvalue weighted by Crippen LogP contribution is 2.37. The second kappa shape index (κ2) is 10.4. The molecule has 0 saturated carbocycles. The van der Waals surface area contributed by atoms with Gasteiger partial charge in [-0.3, -0.25) is 4.48 Å². The van der Waals surface area contributed by atoms with Gasteiger partial charge in [0, 0.05) is 24.7 Å². The summed E-state index contributed by atoms with van der Waals surface area (Å²) < 4.78 is 22.4. The van der Waals surface area contributed by atoms with Gasteiger partial charge in [0.2, 0.25) is 0 Å². The van der Waals surface area contributed by atoms with Gasteiger partial charge in [0.1, 0.15) is 35.1 Å². The maximum absolute atomic E-state index is 12.0. The number of hydrogen-bond donors (Lipinski definition) is 1. The van der Waals surface area contributed by atoms with Gasteiger partial charge in [-0.05, 0) is 32.4 Å². The molecule has 0 aromatic heterocycles. The van der Waals surface area contributed by atoms with Crippen molar-refractivity contribution in [3.8, 4) is 17.2 Å². The summed E-state index contributed by atoms with van der Waals surface area (Å²) >= 11 is 1.84. The third kappa shape index (κ3) is 7.17. The van der Waals surface area contributed by atoms with Crippen LogP contribution in [0.2, 0.25) is 0 Å². The molecule has 0 atom stereocenters. The van der Waals surface area contributed by atoms with Crippen LogP contribution in [0.1, 0.15) is 31.9 Å². The number of alkyl carbamates (subject to hydrolysis) is 1. The van der Waals surface area contributed by atoms with Gasteiger partial charge in [-0.2, -0.15) is 0 Å². The predicted molar refractivity (Wildman–Crippen MR) is 131 cm³/mol. The molecule has 0 spiro atoms. The number of hydrogen-bond acceptors (Lipinski definition) is 5. The lowest BCUT2D eigenvalue weighted by molar-refractivity contribution is 0.0523. The van der Waals surface area contributed by atoms with E-state index in [1.165, 1.54) is 0 Å².